The molecule has 146 valence electrons. The summed E-state index contributed by atoms with van der Waals surface area (Å²) in [6.45, 7) is -0.583. The summed E-state index contributed by atoms with van der Waals surface area (Å²) in [4.78, 5) is 24.6. The lowest BCUT2D eigenvalue weighted by Gasteiger charge is -2.15. The second-order valence-corrected chi connectivity index (χ2v) is 8.26. The molecule has 4 rings (SSSR count). The maximum absolute atomic E-state index is 12.5. The number of benzene rings is 3. The van der Waals surface area contributed by atoms with Gasteiger partial charge in [0, 0.05) is 17.1 Å². The number of carbonyl (C=O) groups is 2. The molecule has 3 aromatic rings. The summed E-state index contributed by atoms with van der Waals surface area (Å²) in [5, 5.41) is 5.84. The molecule has 0 radical (unpaired) electrons. The van der Waals surface area contributed by atoms with Gasteiger partial charge in [0.25, 0.3) is 15.9 Å². The highest BCUT2D eigenvalue weighted by Crippen LogP contribution is 2.29. The van der Waals surface area contributed by atoms with E-state index < -0.39 is 28.4 Å². The van der Waals surface area contributed by atoms with E-state index in [9.17, 15) is 18.0 Å². The first-order valence-electron chi connectivity index (χ1n) is 8.83. The molecule has 0 fully saturated rings. The topological polar surface area (TPSA) is 95.6 Å². The number of fused-ring (bicyclic) bond motifs is 1. The van der Waals surface area contributed by atoms with Crippen LogP contribution < -0.4 is 10.6 Å². The predicted molar refractivity (Wildman–Crippen MR) is 109 cm³/mol. The molecule has 0 aliphatic carbocycles. The molecule has 0 unspecified atom stereocenters. The number of nitrogens with zero attached hydrogens (tertiary/aromatic N) is 1. The van der Waals surface area contributed by atoms with Crippen molar-refractivity contribution in [3.63, 3.8) is 0 Å². The first-order chi connectivity index (χ1) is 13.9. The summed E-state index contributed by atoms with van der Waals surface area (Å²) in [5.74, 6) is -1.29. The third-order valence-electron chi connectivity index (χ3n) is 4.43. The summed E-state index contributed by atoms with van der Waals surface area (Å²) in [6, 6.07) is 22.5. The molecule has 2 amide bonds. The molecule has 0 spiro atoms. The van der Waals surface area contributed by atoms with E-state index in [4.69, 9.17) is 0 Å². The normalized spacial score (nSPS) is 14.3. The van der Waals surface area contributed by atoms with Gasteiger partial charge in [0.05, 0.1) is 5.56 Å². The second-order valence-electron chi connectivity index (χ2n) is 6.43. The molecule has 1 heterocycles. The molecular weight excluding hydrogens is 390 g/mol. The van der Waals surface area contributed by atoms with Gasteiger partial charge in [-0.1, -0.05) is 30.3 Å². The Morgan fingerprint density at radius 3 is 2.07 bits per heavy atom. The third-order valence-corrected chi connectivity index (χ3v) is 6.22. The van der Waals surface area contributed by atoms with E-state index in [0.717, 1.165) is 11.4 Å². The van der Waals surface area contributed by atoms with Gasteiger partial charge in [-0.15, -0.1) is 0 Å². The van der Waals surface area contributed by atoms with Gasteiger partial charge in [-0.05, 0) is 48.5 Å². The Morgan fingerprint density at radius 2 is 1.38 bits per heavy atom. The number of carbonyl (C=O) groups excluding carboxylic acids is 2. The van der Waals surface area contributed by atoms with E-state index >= 15 is 0 Å². The van der Waals surface area contributed by atoms with Crippen LogP contribution in [0.25, 0.3) is 0 Å². The number of amides is 2. The molecule has 0 bridgehead atoms. The standard InChI is InChI=1S/C21H17N3O4S/c25-20(14-24-21(26)18-8-4-5-9-19(18)29(24,27)28)23-17-12-10-16(11-13-17)22-15-6-2-1-3-7-15/h1-13,22H,14H2,(H,23,25). The van der Waals surface area contributed by atoms with Crippen molar-refractivity contribution in [2.75, 3.05) is 17.2 Å². The summed E-state index contributed by atoms with van der Waals surface area (Å²) in [6.07, 6.45) is 0. The molecular formula is C21H17N3O4S. The summed E-state index contributed by atoms with van der Waals surface area (Å²) >= 11 is 0. The maximum atomic E-state index is 12.5. The number of nitrogens with one attached hydrogen (secondary N) is 2. The van der Waals surface area contributed by atoms with Crippen molar-refractivity contribution in [3.05, 3.63) is 84.4 Å². The van der Waals surface area contributed by atoms with Crippen LogP contribution in [-0.4, -0.2) is 31.1 Å². The molecule has 2 N–H and O–H groups in total. The zero-order valence-corrected chi connectivity index (χ0v) is 16.0. The Kier molecular flexibility index (Phi) is 4.77. The molecule has 1 aliphatic rings. The molecule has 0 saturated carbocycles. The van der Waals surface area contributed by atoms with Crippen molar-refractivity contribution >= 4 is 38.9 Å². The SMILES string of the molecule is O=C(CN1C(=O)c2ccccc2S1(=O)=O)Nc1ccc(Nc2ccccc2)cc1. The van der Waals surface area contributed by atoms with E-state index in [0.29, 0.717) is 9.99 Å². The summed E-state index contributed by atoms with van der Waals surface area (Å²) in [5.41, 5.74) is 2.34. The predicted octanol–water partition coefficient (Wildman–Crippen LogP) is 3.21. The van der Waals surface area contributed by atoms with E-state index in [1.807, 2.05) is 30.3 Å². The summed E-state index contributed by atoms with van der Waals surface area (Å²) in [7, 11) is -4.01. The number of hydrogen-bond donors (Lipinski definition) is 2. The Morgan fingerprint density at radius 1 is 0.793 bits per heavy atom. The molecule has 1 aliphatic heterocycles. The van der Waals surface area contributed by atoms with Crippen LogP contribution in [0.15, 0.2) is 83.8 Å². The van der Waals surface area contributed by atoms with Gasteiger partial charge in [0.2, 0.25) is 5.91 Å². The summed E-state index contributed by atoms with van der Waals surface area (Å²) < 4.78 is 25.6. The number of sulfonamides is 1. The minimum Gasteiger partial charge on any atom is -0.356 e. The Labute approximate surface area is 168 Å². The van der Waals surface area contributed by atoms with Gasteiger partial charge in [0.15, 0.2) is 0 Å². The lowest BCUT2D eigenvalue weighted by atomic mass is 10.2. The van der Waals surface area contributed by atoms with Crippen LogP contribution >= 0.6 is 0 Å². The van der Waals surface area contributed by atoms with Gasteiger partial charge in [-0.3, -0.25) is 9.59 Å². The molecule has 0 atom stereocenters. The number of hydrogen-bond acceptors (Lipinski definition) is 5. The fourth-order valence-electron chi connectivity index (χ4n) is 3.04. The van der Waals surface area contributed by atoms with Crippen LogP contribution in [-0.2, 0) is 14.8 Å². The van der Waals surface area contributed by atoms with Crippen molar-refractivity contribution in [1.29, 1.82) is 0 Å². The van der Waals surface area contributed by atoms with Crippen molar-refractivity contribution in [2.24, 2.45) is 0 Å². The van der Waals surface area contributed by atoms with Gasteiger partial charge in [0.1, 0.15) is 11.4 Å². The zero-order chi connectivity index (χ0) is 20.4. The average molecular weight is 407 g/mol. The zero-order valence-electron chi connectivity index (χ0n) is 15.2. The first kappa shape index (κ1) is 18.7. The largest absolute Gasteiger partial charge is 0.356 e. The van der Waals surface area contributed by atoms with E-state index in [1.54, 1.807) is 30.3 Å². The Bertz CT molecular complexity index is 1180. The van der Waals surface area contributed by atoms with Crippen molar-refractivity contribution < 1.29 is 18.0 Å². The monoisotopic (exact) mass is 407 g/mol. The van der Waals surface area contributed by atoms with Crippen LogP contribution in [0.4, 0.5) is 17.1 Å². The highest BCUT2D eigenvalue weighted by Gasteiger charge is 2.41. The van der Waals surface area contributed by atoms with Gasteiger partial charge >= 0.3 is 0 Å². The minimum atomic E-state index is -4.01. The van der Waals surface area contributed by atoms with Crippen LogP contribution in [0.2, 0.25) is 0 Å². The number of rotatable bonds is 5. The van der Waals surface area contributed by atoms with Crippen molar-refractivity contribution in [2.45, 2.75) is 4.90 Å². The number of anilines is 3. The smallest absolute Gasteiger partial charge is 0.269 e. The van der Waals surface area contributed by atoms with Crippen molar-refractivity contribution in [3.8, 4) is 0 Å². The van der Waals surface area contributed by atoms with Gasteiger partial charge in [-0.25, -0.2) is 12.7 Å². The van der Waals surface area contributed by atoms with Crippen LogP contribution in [0.1, 0.15) is 10.4 Å². The molecule has 7 nitrogen and oxygen atoms in total. The highest BCUT2D eigenvalue weighted by molar-refractivity contribution is 7.90. The maximum Gasteiger partial charge on any atom is 0.269 e. The van der Waals surface area contributed by atoms with E-state index in [1.165, 1.54) is 18.2 Å². The quantitative estimate of drug-likeness (QED) is 0.677. The lowest BCUT2D eigenvalue weighted by molar-refractivity contribution is -0.116. The second kappa shape index (κ2) is 7.40. The van der Waals surface area contributed by atoms with Crippen molar-refractivity contribution in [1.82, 2.24) is 4.31 Å². The highest BCUT2D eigenvalue weighted by atomic mass is 32.2. The Balaban J connectivity index is 1.42. The van der Waals surface area contributed by atoms with Gasteiger partial charge < -0.3 is 10.6 Å². The number of para-hydroxylation sites is 1. The molecule has 0 aromatic heterocycles. The minimum absolute atomic E-state index is 0.0749. The van der Waals surface area contributed by atoms with Crippen LogP contribution in [0.3, 0.4) is 0 Å². The van der Waals surface area contributed by atoms with Crippen LogP contribution in [0, 0.1) is 0 Å². The van der Waals surface area contributed by atoms with E-state index in [-0.39, 0.29) is 10.5 Å². The molecule has 8 heteroatoms. The average Bonchev–Trinajstić information content (AvgIpc) is 2.91. The lowest BCUT2D eigenvalue weighted by Crippen LogP contribution is -2.37. The van der Waals surface area contributed by atoms with E-state index in [2.05, 4.69) is 10.6 Å². The molecule has 0 saturated heterocycles. The van der Waals surface area contributed by atoms with Crippen LogP contribution in [0.5, 0.6) is 0 Å². The fraction of sp³-hybridized carbons (Fsp3) is 0.0476. The molecule has 3 aromatic carbocycles. The van der Waals surface area contributed by atoms with Gasteiger partial charge in [-0.2, -0.15) is 0 Å². The third kappa shape index (κ3) is 3.70. The fourth-order valence-corrected chi connectivity index (χ4v) is 4.57. The molecule has 29 heavy (non-hydrogen) atoms. The first-order valence-corrected chi connectivity index (χ1v) is 10.3. The Hall–Kier alpha value is -3.65.